The first kappa shape index (κ1) is 21.8. The van der Waals surface area contributed by atoms with Gasteiger partial charge in [-0.25, -0.2) is 4.79 Å². The van der Waals surface area contributed by atoms with Gasteiger partial charge < -0.3 is 14.1 Å². The molecule has 10 heteroatoms. The number of nitrogens with zero attached hydrogens (tertiary/aromatic N) is 4. The van der Waals surface area contributed by atoms with Crippen molar-refractivity contribution in [3.05, 3.63) is 65.5 Å². The molecule has 0 saturated carbocycles. The first-order valence-electron chi connectivity index (χ1n) is 10.0. The van der Waals surface area contributed by atoms with E-state index in [1.54, 1.807) is 34.1 Å². The monoisotopic (exact) mass is 446 g/mol. The number of alkyl halides is 3. The van der Waals surface area contributed by atoms with E-state index >= 15 is 0 Å². The number of carbonyl (C=O) groups excluding carboxylic acids is 1. The van der Waals surface area contributed by atoms with Crippen LogP contribution in [-0.2, 0) is 17.5 Å². The summed E-state index contributed by atoms with van der Waals surface area (Å²) in [6, 6.07) is 14.1. The van der Waals surface area contributed by atoms with Crippen molar-refractivity contribution in [1.82, 2.24) is 15.1 Å². The topological polar surface area (TPSA) is 71.7 Å². The molecular formula is C22H21F3N4O3. The van der Waals surface area contributed by atoms with Crippen molar-refractivity contribution in [3.8, 4) is 11.5 Å². The second kappa shape index (κ2) is 8.99. The summed E-state index contributed by atoms with van der Waals surface area (Å²) in [4.78, 5) is 16.6. The van der Waals surface area contributed by atoms with E-state index in [-0.39, 0.29) is 18.5 Å². The summed E-state index contributed by atoms with van der Waals surface area (Å²) in [5.41, 5.74) is 2.99. The lowest BCUT2D eigenvalue weighted by Gasteiger charge is -2.33. The van der Waals surface area contributed by atoms with E-state index in [1.807, 2.05) is 31.2 Å². The highest BCUT2D eigenvalue weighted by molar-refractivity contribution is 5.92. The van der Waals surface area contributed by atoms with Gasteiger partial charge in [0.2, 0.25) is 5.89 Å². The molecule has 0 atom stereocenters. The molecule has 32 heavy (non-hydrogen) atoms. The van der Waals surface area contributed by atoms with Gasteiger partial charge in [0.05, 0.1) is 19.8 Å². The third-order valence-electron chi connectivity index (χ3n) is 5.07. The number of ether oxygens (including phenoxy) is 1. The molecule has 1 fully saturated rings. The van der Waals surface area contributed by atoms with Crippen LogP contribution in [0.2, 0.25) is 0 Å². The number of benzene rings is 2. The Morgan fingerprint density at radius 1 is 1.03 bits per heavy atom. The number of amides is 2. The van der Waals surface area contributed by atoms with Gasteiger partial charge in [-0.2, -0.15) is 13.2 Å². The first-order valence-corrected chi connectivity index (χ1v) is 10.0. The summed E-state index contributed by atoms with van der Waals surface area (Å²) in [6.07, 6.45) is -4.69. The van der Waals surface area contributed by atoms with Gasteiger partial charge in [0.25, 0.3) is 0 Å². The summed E-state index contributed by atoms with van der Waals surface area (Å²) in [5, 5.41) is 6.52. The molecule has 0 bridgehead atoms. The molecular weight excluding hydrogens is 425 g/mol. The number of morpholine rings is 1. The Balaban J connectivity index is 1.55. The van der Waals surface area contributed by atoms with Crippen molar-refractivity contribution in [2.75, 3.05) is 31.2 Å². The zero-order chi connectivity index (χ0) is 22.7. The molecule has 2 amide bonds. The summed E-state index contributed by atoms with van der Waals surface area (Å²) in [7, 11) is 0. The van der Waals surface area contributed by atoms with Crippen LogP contribution < -0.4 is 4.90 Å². The maximum atomic E-state index is 13.2. The summed E-state index contributed by atoms with van der Waals surface area (Å²) < 4.78 is 48.2. The molecule has 1 aliphatic rings. The molecule has 0 radical (unpaired) electrons. The fraction of sp³-hybridized carbons (Fsp3) is 0.318. The van der Waals surface area contributed by atoms with E-state index in [9.17, 15) is 18.0 Å². The fourth-order valence-corrected chi connectivity index (χ4v) is 3.31. The standard InChI is InChI=1S/C22H21F3N4O3/c1-15-2-8-18(9-3-15)29(21(30)28-10-12-31-13-11-28)14-16-4-6-17(7-5-16)19-26-27-20(32-19)22(23,24)25/h2-9H,10-14H2,1H3. The number of hydrogen-bond donors (Lipinski definition) is 0. The van der Waals surface area contributed by atoms with E-state index in [0.29, 0.717) is 31.9 Å². The second-order valence-electron chi connectivity index (χ2n) is 7.41. The van der Waals surface area contributed by atoms with Gasteiger partial charge in [0.1, 0.15) is 0 Å². The SMILES string of the molecule is Cc1ccc(N(Cc2ccc(-c3nnc(C(F)(F)F)o3)cc2)C(=O)N2CCOCC2)cc1. The van der Waals surface area contributed by atoms with E-state index in [2.05, 4.69) is 10.2 Å². The Morgan fingerprint density at radius 3 is 2.28 bits per heavy atom. The van der Waals surface area contributed by atoms with Crippen LogP contribution in [0.5, 0.6) is 0 Å². The van der Waals surface area contributed by atoms with Gasteiger partial charge in [-0.15, -0.1) is 10.2 Å². The number of hydrogen-bond acceptors (Lipinski definition) is 5. The molecule has 7 nitrogen and oxygen atoms in total. The Bertz CT molecular complexity index is 1060. The van der Waals surface area contributed by atoms with Crippen LogP contribution in [-0.4, -0.2) is 47.4 Å². The van der Waals surface area contributed by atoms with Crippen LogP contribution >= 0.6 is 0 Å². The average Bonchev–Trinajstić information content (AvgIpc) is 3.30. The van der Waals surface area contributed by atoms with Crippen LogP contribution in [0.1, 0.15) is 17.0 Å². The van der Waals surface area contributed by atoms with Gasteiger partial charge in [0.15, 0.2) is 0 Å². The van der Waals surface area contributed by atoms with Gasteiger partial charge >= 0.3 is 18.1 Å². The highest BCUT2D eigenvalue weighted by atomic mass is 19.4. The van der Waals surface area contributed by atoms with Gasteiger partial charge in [-0.05, 0) is 36.8 Å². The van der Waals surface area contributed by atoms with Crippen LogP contribution in [0.4, 0.5) is 23.7 Å². The van der Waals surface area contributed by atoms with Gasteiger partial charge in [0, 0.05) is 24.3 Å². The molecule has 0 unspecified atom stereocenters. The van der Waals surface area contributed by atoms with Crippen molar-refractivity contribution < 1.29 is 27.1 Å². The summed E-state index contributed by atoms with van der Waals surface area (Å²) in [6.45, 7) is 4.27. The fourth-order valence-electron chi connectivity index (χ4n) is 3.31. The zero-order valence-corrected chi connectivity index (χ0v) is 17.3. The van der Waals surface area contributed by atoms with Crippen LogP contribution in [0.3, 0.4) is 0 Å². The van der Waals surface area contributed by atoms with E-state index in [4.69, 9.17) is 9.15 Å². The summed E-state index contributed by atoms with van der Waals surface area (Å²) >= 11 is 0. The smallest absolute Gasteiger partial charge is 0.413 e. The van der Waals surface area contributed by atoms with Crippen molar-refractivity contribution >= 4 is 11.7 Å². The van der Waals surface area contributed by atoms with Gasteiger partial charge in [-0.3, -0.25) is 4.90 Å². The number of aromatic nitrogens is 2. The Kier molecular flexibility index (Phi) is 6.13. The second-order valence-corrected chi connectivity index (χ2v) is 7.41. The average molecular weight is 446 g/mol. The first-order chi connectivity index (χ1) is 15.3. The molecule has 2 heterocycles. The van der Waals surface area contributed by atoms with Gasteiger partial charge in [-0.1, -0.05) is 29.8 Å². The molecule has 0 N–H and O–H groups in total. The molecule has 1 saturated heterocycles. The van der Waals surface area contributed by atoms with Crippen molar-refractivity contribution in [2.24, 2.45) is 0 Å². The van der Waals surface area contributed by atoms with E-state index < -0.39 is 12.1 Å². The molecule has 0 aliphatic carbocycles. The summed E-state index contributed by atoms with van der Waals surface area (Å²) in [5.74, 6) is -1.61. The molecule has 1 aromatic heterocycles. The zero-order valence-electron chi connectivity index (χ0n) is 17.3. The molecule has 2 aromatic carbocycles. The maximum Gasteiger partial charge on any atom is 0.470 e. The quantitative estimate of drug-likeness (QED) is 0.589. The Morgan fingerprint density at radius 2 is 1.69 bits per heavy atom. The molecule has 1 aliphatic heterocycles. The third kappa shape index (κ3) is 4.91. The minimum atomic E-state index is -4.69. The molecule has 4 rings (SSSR count). The maximum absolute atomic E-state index is 13.2. The lowest BCUT2D eigenvalue weighted by atomic mass is 10.1. The van der Waals surface area contributed by atoms with Crippen molar-refractivity contribution in [3.63, 3.8) is 0 Å². The predicted octanol–water partition coefficient (Wildman–Crippen LogP) is 4.52. The highest BCUT2D eigenvalue weighted by Gasteiger charge is 2.38. The predicted molar refractivity (Wildman–Crippen MR) is 110 cm³/mol. The normalized spacial score (nSPS) is 14.4. The Labute approximate surface area is 182 Å². The van der Waals surface area contributed by atoms with E-state index in [1.165, 1.54) is 0 Å². The number of aryl methyl sites for hydroxylation is 1. The van der Waals surface area contributed by atoms with Crippen molar-refractivity contribution in [1.29, 1.82) is 0 Å². The third-order valence-corrected chi connectivity index (χ3v) is 5.07. The minimum absolute atomic E-state index is 0.132. The number of halogens is 3. The Hall–Kier alpha value is -3.40. The van der Waals surface area contributed by atoms with Crippen molar-refractivity contribution in [2.45, 2.75) is 19.6 Å². The highest BCUT2D eigenvalue weighted by Crippen LogP contribution is 2.30. The number of anilines is 1. The van der Waals surface area contributed by atoms with Crippen LogP contribution in [0.15, 0.2) is 52.9 Å². The lowest BCUT2D eigenvalue weighted by Crippen LogP contribution is -2.48. The van der Waals surface area contributed by atoms with Crippen LogP contribution in [0.25, 0.3) is 11.5 Å². The van der Waals surface area contributed by atoms with Crippen LogP contribution in [0, 0.1) is 6.92 Å². The van der Waals surface area contributed by atoms with E-state index in [0.717, 1.165) is 16.8 Å². The lowest BCUT2D eigenvalue weighted by molar-refractivity contribution is -0.156. The molecule has 3 aromatic rings. The minimum Gasteiger partial charge on any atom is -0.413 e. The number of urea groups is 1. The number of carbonyl (C=O) groups is 1. The largest absolute Gasteiger partial charge is 0.470 e. The number of rotatable bonds is 4. The molecule has 168 valence electrons. The molecule has 0 spiro atoms.